The molecule has 0 saturated heterocycles. The molecule has 0 bridgehead atoms. The topological polar surface area (TPSA) is 66.4 Å². The van der Waals surface area contributed by atoms with Gasteiger partial charge in [0.25, 0.3) is 0 Å². The highest BCUT2D eigenvalue weighted by Gasteiger charge is 2.22. The predicted molar refractivity (Wildman–Crippen MR) is 73.1 cm³/mol. The van der Waals surface area contributed by atoms with Crippen LogP contribution in [0, 0.1) is 11.8 Å². The Morgan fingerprint density at radius 3 is 2.74 bits per heavy atom. The second kappa shape index (κ2) is 5.43. The van der Waals surface area contributed by atoms with Crippen molar-refractivity contribution in [3.05, 3.63) is 29.3 Å². The van der Waals surface area contributed by atoms with E-state index in [-0.39, 0.29) is 17.7 Å². The van der Waals surface area contributed by atoms with Crippen LogP contribution in [0.25, 0.3) is 0 Å². The van der Waals surface area contributed by atoms with Gasteiger partial charge < -0.3 is 10.4 Å². The summed E-state index contributed by atoms with van der Waals surface area (Å²) in [7, 11) is 0. The molecule has 1 aliphatic rings. The van der Waals surface area contributed by atoms with Crippen LogP contribution in [-0.4, -0.2) is 17.0 Å². The van der Waals surface area contributed by atoms with Gasteiger partial charge in [0.05, 0.1) is 5.92 Å². The second-order valence-electron chi connectivity index (χ2n) is 5.43. The minimum absolute atomic E-state index is 0.0471. The molecule has 1 aliphatic heterocycles. The summed E-state index contributed by atoms with van der Waals surface area (Å²) in [5.41, 5.74) is 2.98. The van der Waals surface area contributed by atoms with Crippen LogP contribution < -0.4 is 5.32 Å². The zero-order valence-electron chi connectivity index (χ0n) is 11.3. The van der Waals surface area contributed by atoms with Crippen molar-refractivity contribution in [3.8, 4) is 0 Å². The summed E-state index contributed by atoms with van der Waals surface area (Å²) in [5.74, 6) is -0.962. The molecule has 19 heavy (non-hydrogen) atoms. The molecular formula is C15H19NO3. The van der Waals surface area contributed by atoms with Crippen molar-refractivity contribution in [2.75, 3.05) is 5.32 Å². The zero-order chi connectivity index (χ0) is 14.0. The van der Waals surface area contributed by atoms with Gasteiger partial charge in [0.15, 0.2) is 0 Å². The van der Waals surface area contributed by atoms with Crippen LogP contribution in [0.2, 0.25) is 0 Å². The molecule has 0 aromatic heterocycles. The summed E-state index contributed by atoms with van der Waals surface area (Å²) >= 11 is 0. The Labute approximate surface area is 112 Å². The van der Waals surface area contributed by atoms with Gasteiger partial charge in [-0.15, -0.1) is 0 Å². The number of carboxylic acids is 1. The molecule has 1 atom stereocenters. The number of anilines is 1. The maximum Gasteiger partial charge on any atom is 0.307 e. The van der Waals surface area contributed by atoms with Crippen molar-refractivity contribution in [1.82, 2.24) is 0 Å². The summed E-state index contributed by atoms with van der Waals surface area (Å²) in [6.07, 6.45) is 1.77. The Balaban J connectivity index is 2.18. The van der Waals surface area contributed by atoms with Gasteiger partial charge in [0.1, 0.15) is 0 Å². The lowest BCUT2D eigenvalue weighted by atomic mass is 9.88. The van der Waals surface area contributed by atoms with Gasteiger partial charge in [-0.3, -0.25) is 9.59 Å². The molecule has 0 saturated carbocycles. The third-order valence-corrected chi connectivity index (χ3v) is 3.64. The normalized spacial score (nSPS) is 15.8. The highest BCUT2D eigenvalue weighted by molar-refractivity contribution is 5.93. The minimum Gasteiger partial charge on any atom is -0.481 e. The molecule has 1 aromatic rings. The Morgan fingerprint density at radius 1 is 1.37 bits per heavy atom. The van der Waals surface area contributed by atoms with E-state index in [1.54, 1.807) is 0 Å². The molecule has 4 nitrogen and oxygen atoms in total. The second-order valence-corrected chi connectivity index (χ2v) is 5.43. The van der Waals surface area contributed by atoms with Gasteiger partial charge in [0.2, 0.25) is 5.91 Å². The zero-order valence-corrected chi connectivity index (χ0v) is 11.3. The molecule has 0 spiro atoms. The van der Waals surface area contributed by atoms with E-state index in [2.05, 4.69) is 5.32 Å². The average Bonchev–Trinajstić information content (AvgIpc) is 2.35. The monoisotopic (exact) mass is 261 g/mol. The predicted octanol–water partition coefficient (Wildman–Crippen LogP) is 2.47. The molecule has 1 amide bonds. The lowest BCUT2D eigenvalue weighted by Gasteiger charge is -2.20. The number of aliphatic carboxylic acids is 1. The Kier molecular flexibility index (Phi) is 3.88. The fourth-order valence-electron chi connectivity index (χ4n) is 2.43. The van der Waals surface area contributed by atoms with E-state index in [1.165, 1.54) is 0 Å². The van der Waals surface area contributed by atoms with Crippen LogP contribution in [-0.2, 0) is 22.4 Å². The first kappa shape index (κ1) is 13.6. The van der Waals surface area contributed by atoms with Gasteiger partial charge in [-0.25, -0.2) is 0 Å². The molecule has 2 N–H and O–H groups in total. The van der Waals surface area contributed by atoms with Gasteiger partial charge in [0, 0.05) is 12.1 Å². The van der Waals surface area contributed by atoms with Crippen molar-refractivity contribution in [2.45, 2.75) is 33.1 Å². The highest BCUT2D eigenvalue weighted by atomic mass is 16.4. The number of carboxylic acid groups (broad SMARTS) is 1. The number of rotatable bonds is 4. The van der Waals surface area contributed by atoms with E-state index >= 15 is 0 Å². The van der Waals surface area contributed by atoms with Crippen LogP contribution in [0.3, 0.4) is 0 Å². The van der Waals surface area contributed by atoms with Crippen LogP contribution in [0.15, 0.2) is 18.2 Å². The van der Waals surface area contributed by atoms with E-state index < -0.39 is 5.97 Å². The number of aryl methyl sites for hydroxylation is 1. The first-order chi connectivity index (χ1) is 8.97. The van der Waals surface area contributed by atoms with E-state index in [0.717, 1.165) is 23.2 Å². The third-order valence-electron chi connectivity index (χ3n) is 3.64. The third kappa shape index (κ3) is 3.13. The van der Waals surface area contributed by atoms with E-state index in [9.17, 15) is 14.7 Å². The highest BCUT2D eigenvalue weighted by Crippen LogP contribution is 2.26. The standard InChI is InChI=1S/C15H19NO3/c1-9(2)12(15(18)19)8-10-3-5-13-11(7-10)4-6-14(17)16-13/h3,5,7,9,12H,4,6,8H2,1-2H3,(H,16,17)(H,18,19). The molecule has 1 unspecified atom stereocenters. The van der Waals surface area contributed by atoms with Gasteiger partial charge in [-0.1, -0.05) is 26.0 Å². The fraction of sp³-hybridized carbons (Fsp3) is 0.467. The van der Waals surface area contributed by atoms with Crippen molar-refractivity contribution in [2.24, 2.45) is 11.8 Å². The molecule has 102 valence electrons. The molecule has 0 aliphatic carbocycles. The maximum absolute atomic E-state index is 11.3. The minimum atomic E-state index is -0.749. The summed E-state index contributed by atoms with van der Waals surface area (Å²) in [6, 6.07) is 5.80. The summed E-state index contributed by atoms with van der Waals surface area (Å²) < 4.78 is 0. The lowest BCUT2D eigenvalue weighted by molar-refractivity contribution is -0.143. The number of carbonyl (C=O) groups excluding carboxylic acids is 1. The fourth-order valence-corrected chi connectivity index (χ4v) is 2.43. The molecule has 0 fully saturated rings. The summed E-state index contributed by atoms with van der Waals surface area (Å²) in [5, 5.41) is 12.1. The van der Waals surface area contributed by atoms with Crippen LogP contribution in [0.5, 0.6) is 0 Å². The van der Waals surface area contributed by atoms with Crippen molar-refractivity contribution >= 4 is 17.6 Å². The van der Waals surface area contributed by atoms with Crippen LogP contribution in [0.4, 0.5) is 5.69 Å². The molecular weight excluding hydrogens is 242 g/mol. The SMILES string of the molecule is CC(C)C(Cc1ccc2c(c1)CCC(=O)N2)C(=O)O. The summed E-state index contributed by atoms with van der Waals surface area (Å²) in [6.45, 7) is 3.86. The molecule has 1 heterocycles. The Bertz CT molecular complexity index is 508. The quantitative estimate of drug-likeness (QED) is 0.875. The molecule has 2 rings (SSSR count). The van der Waals surface area contributed by atoms with E-state index in [1.807, 2.05) is 32.0 Å². The smallest absolute Gasteiger partial charge is 0.307 e. The molecule has 0 radical (unpaired) electrons. The van der Waals surface area contributed by atoms with E-state index in [4.69, 9.17) is 0 Å². The number of amides is 1. The lowest BCUT2D eigenvalue weighted by Crippen LogP contribution is -2.23. The summed E-state index contributed by atoms with van der Waals surface area (Å²) in [4.78, 5) is 22.5. The van der Waals surface area contributed by atoms with Crippen molar-refractivity contribution < 1.29 is 14.7 Å². The number of fused-ring (bicyclic) bond motifs is 1. The molecule has 4 heteroatoms. The Morgan fingerprint density at radius 2 is 2.11 bits per heavy atom. The number of nitrogens with one attached hydrogen (secondary N) is 1. The van der Waals surface area contributed by atoms with Crippen molar-refractivity contribution in [3.63, 3.8) is 0 Å². The first-order valence-electron chi connectivity index (χ1n) is 6.62. The molecule has 1 aromatic carbocycles. The Hall–Kier alpha value is -1.84. The van der Waals surface area contributed by atoms with E-state index in [0.29, 0.717) is 12.8 Å². The van der Waals surface area contributed by atoms with Gasteiger partial charge in [-0.2, -0.15) is 0 Å². The van der Waals surface area contributed by atoms with Crippen molar-refractivity contribution in [1.29, 1.82) is 0 Å². The number of carbonyl (C=O) groups is 2. The number of hydrogen-bond donors (Lipinski definition) is 2. The van der Waals surface area contributed by atoms with Gasteiger partial charge in [-0.05, 0) is 36.0 Å². The van der Waals surface area contributed by atoms with Crippen LogP contribution in [0.1, 0.15) is 31.4 Å². The number of hydrogen-bond acceptors (Lipinski definition) is 2. The average molecular weight is 261 g/mol. The largest absolute Gasteiger partial charge is 0.481 e. The first-order valence-corrected chi connectivity index (χ1v) is 6.62. The van der Waals surface area contributed by atoms with Gasteiger partial charge >= 0.3 is 5.97 Å². The maximum atomic E-state index is 11.3. The van der Waals surface area contributed by atoms with Crippen LogP contribution >= 0.6 is 0 Å². The number of benzene rings is 1.